The summed E-state index contributed by atoms with van der Waals surface area (Å²) in [6.07, 6.45) is 0. The van der Waals surface area contributed by atoms with Crippen LogP contribution in [0.5, 0.6) is 0 Å². The van der Waals surface area contributed by atoms with E-state index < -0.39 is 10.0 Å². The molecule has 0 aliphatic carbocycles. The summed E-state index contributed by atoms with van der Waals surface area (Å²) in [5, 5.41) is 2.98. The molecule has 0 bridgehead atoms. The molecule has 0 radical (unpaired) electrons. The average Bonchev–Trinajstić information content (AvgIpc) is 2.73. The van der Waals surface area contributed by atoms with Gasteiger partial charge in [-0.25, -0.2) is 8.42 Å². The molecule has 7 heteroatoms. The lowest BCUT2D eigenvalue weighted by molar-refractivity contribution is -0.126. The SMILES string of the molecule is Cc1ccc(CNC(=O)[C@@H](C)N2CCN(S(=O)(=O)c3ccc(C)cc3)CC2)cc1. The van der Waals surface area contributed by atoms with Gasteiger partial charge in [0.1, 0.15) is 0 Å². The highest BCUT2D eigenvalue weighted by atomic mass is 32.2. The number of amides is 1. The monoisotopic (exact) mass is 415 g/mol. The first-order valence-electron chi connectivity index (χ1n) is 9.91. The van der Waals surface area contributed by atoms with Gasteiger partial charge in [-0.05, 0) is 38.5 Å². The topological polar surface area (TPSA) is 69.7 Å². The van der Waals surface area contributed by atoms with Crippen LogP contribution < -0.4 is 5.32 Å². The number of piperazine rings is 1. The Morgan fingerprint density at radius 1 is 0.931 bits per heavy atom. The highest BCUT2D eigenvalue weighted by molar-refractivity contribution is 7.89. The van der Waals surface area contributed by atoms with E-state index in [2.05, 4.69) is 5.32 Å². The van der Waals surface area contributed by atoms with E-state index >= 15 is 0 Å². The number of hydrogen-bond acceptors (Lipinski definition) is 4. The van der Waals surface area contributed by atoms with E-state index in [4.69, 9.17) is 0 Å². The van der Waals surface area contributed by atoms with Gasteiger partial charge >= 0.3 is 0 Å². The Bertz CT molecular complexity index is 932. The number of benzene rings is 2. The second-order valence-electron chi connectivity index (χ2n) is 7.63. The van der Waals surface area contributed by atoms with Crippen molar-refractivity contribution in [3.8, 4) is 0 Å². The quantitative estimate of drug-likeness (QED) is 0.786. The molecule has 156 valence electrons. The first-order chi connectivity index (χ1) is 13.8. The molecular formula is C22H29N3O3S. The minimum absolute atomic E-state index is 0.0413. The molecule has 0 unspecified atom stereocenters. The average molecular weight is 416 g/mol. The van der Waals surface area contributed by atoms with Crippen molar-refractivity contribution in [2.45, 2.75) is 38.3 Å². The number of aryl methyl sites for hydroxylation is 2. The molecule has 1 amide bonds. The normalized spacial score (nSPS) is 17.1. The fourth-order valence-electron chi connectivity index (χ4n) is 3.40. The Balaban J connectivity index is 1.53. The van der Waals surface area contributed by atoms with Crippen molar-refractivity contribution < 1.29 is 13.2 Å². The summed E-state index contributed by atoms with van der Waals surface area (Å²) in [7, 11) is -3.49. The van der Waals surface area contributed by atoms with Gasteiger partial charge in [-0.2, -0.15) is 4.31 Å². The zero-order valence-electron chi connectivity index (χ0n) is 17.3. The maximum Gasteiger partial charge on any atom is 0.243 e. The van der Waals surface area contributed by atoms with Crippen molar-refractivity contribution in [1.29, 1.82) is 0 Å². The largest absolute Gasteiger partial charge is 0.351 e. The number of nitrogens with zero attached hydrogens (tertiary/aromatic N) is 2. The second kappa shape index (κ2) is 9.07. The van der Waals surface area contributed by atoms with Gasteiger partial charge in [0.25, 0.3) is 0 Å². The van der Waals surface area contributed by atoms with Crippen LogP contribution in [0.15, 0.2) is 53.4 Å². The molecule has 29 heavy (non-hydrogen) atoms. The summed E-state index contributed by atoms with van der Waals surface area (Å²) in [6.45, 7) is 8.15. The van der Waals surface area contributed by atoms with Crippen molar-refractivity contribution in [1.82, 2.24) is 14.5 Å². The first kappa shape index (κ1) is 21.5. The summed E-state index contributed by atoms with van der Waals surface area (Å²) in [5.74, 6) is -0.0413. The Hall–Kier alpha value is -2.22. The Labute approximate surface area is 173 Å². The Morgan fingerprint density at radius 3 is 2.00 bits per heavy atom. The minimum atomic E-state index is -3.49. The van der Waals surface area contributed by atoms with E-state index in [0.29, 0.717) is 37.6 Å². The van der Waals surface area contributed by atoms with E-state index in [1.54, 1.807) is 12.1 Å². The summed E-state index contributed by atoms with van der Waals surface area (Å²) >= 11 is 0. The summed E-state index contributed by atoms with van der Waals surface area (Å²) in [4.78, 5) is 14.9. The molecule has 1 atom stereocenters. The highest BCUT2D eigenvalue weighted by Crippen LogP contribution is 2.19. The van der Waals surface area contributed by atoms with Crippen LogP contribution in [0.25, 0.3) is 0 Å². The molecule has 1 heterocycles. The molecule has 1 saturated heterocycles. The third kappa shape index (κ3) is 5.23. The van der Waals surface area contributed by atoms with Gasteiger partial charge in [-0.3, -0.25) is 9.69 Å². The second-order valence-corrected chi connectivity index (χ2v) is 9.57. The van der Waals surface area contributed by atoms with Gasteiger partial charge in [0.2, 0.25) is 15.9 Å². The summed E-state index contributed by atoms with van der Waals surface area (Å²) < 4.78 is 27.1. The predicted molar refractivity (Wildman–Crippen MR) is 114 cm³/mol. The zero-order chi connectivity index (χ0) is 21.0. The molecule has 6 nitrogen and oxygen atoms in total. The zero-order valence-corrected chi connectivity index (χ0v) is 18.1. The van der Waals surface area contributed by atoms with Crippen molar-refractivity contribution >= 4 is 15.9 Å². The molecule has 1 aliphatic heterocycles. The van der Waals surface area contributed by atoms with Crippen molar-refractivity contribution in [2.75, 3.05) is 26.2 Å². The first-order valence-corrected chi connectivity index (χ1v) is 11.4. The number of hydrogen-bond donors (Lipinski definition) is 1. The van der Waals surface area contributed by atoms with E-state index in [0.717, 1.165) is 11.1 Å². The van der Waals surface area contributed by atoms with E-state index in [1.807, 2.05) is 62.1 Å². The molecule has 1 aliphatic rings. The van der Waals surface area contributed by atoms with Crippen LogP contribution in [0.3, 0.4) is 0 Å². The van der Waals surface area contributed by atoms with E-state index in [-0.39, 0.29) is 11.9 Å². The van der Waals surface area contributed by atoms with Crippen LogP contribution >= 0.6 is 0 Å². The Kier molecular flexibility index (Phi) is 6.72. The van der Waals surface area contributed by atoms with Gasteiger partial charge in [0.15, 0.2) is 0 Å². The maximum atomic E-state index is 12.8. The summed E-state index contributed by atoms with van der Waals surface area (Å²) in [5.41, 5.74) is 3.27. The number of rotatable bonds is 6. The number of carbonyl (C=O) groups excluding carboxylic acids is 1. The lowest BCUT2D eigenvalue weighted by Crippen LogP contribution is -2.54. The van der Waals surface area contributed by atoms with Crippen LogP contribution in [0, 0.1) is 13.8 Å². The highest BCUT2D eigenvalue weighted by Gasteiger charge is 2.31. The van der Waals surface area contributed by atoms with Crippen LogP contribution in [-0.4, -0.2) is 55.8 Å². The van der Waals surface area contributed by atoms with Gasteiger partial charge < -0.3 is 5.32 Å². The number of nitrogens with one attached hydrogen (secondary N) is 1. The van der Waals surface area contributed by atoms with Gasteiger partial charge in [-0.1, -0.05) is 47.5 Å². The molecule has 0 aromatic heterocycles. The smallest absolute Gasteiger partial charge is 0.243 e. The number of sulfonamides is 1. The predicted octanol–water partition coefficient (Wildman–Crippen LogP) is 2.31. The van der Waals surface area contributed by atoms with Gasteiger partial charge in [0, 0.05) is 32.7 Å². The van der Waals surface area contributed by atoms with Crippen molar-refractivity contribution in [2.24, 2.45) is 0 Å². The third-order valence-corrected chi connectivity index (χ3v) is 7.36. The van der Waals surface area contributed by atoms with Crippen LogP contribution in [0.1, 0.15) is 23.6 Å². The molecule has 1 N–H and O–H groups in total. The Morgan fingerprint density at radius 2 is 1.45 bits per heavy atom. The fraction of sp³-hybridized carbons (Fsp3) is 0.409. The van der Waals surface area contributed by atoms with Crippen LogP contribution in [0.2, 0.25) is 0 Å². The van der Waals surface area contributed by atoms with Crippen LogP contribution in [-0.2, 0) is 21.4 Å². The van der Waals surface area contributed by atoms with Gasteiger partial charge in [-0.15, -0.1) is 0 Å². The molecule has 2 aromatic rings. The molecule has 1 fully saturated rings. The van der Waals surface area contributed by atoms with Gasteiger partial charge in [0.05, 0.1) is 10.9 Å². The summed E-state index contributed by atoms with van der Waals surface area (Å²) in [6, 6.07) is 14.7. The van der Waals surface area contributed by atoms with Crippen molar-refractivity contribution in [3.63, 3.8) is 0 Å². The molecule has 2 aromatic carbocycles. The lowest BCUT2D eigenvalue weighted by atomic mass is 10.1. The van der Waals surface area contributed by atoms with Crippen molar-refractivity contribution in [3.05, 3.63) is 65.2 Å². The van der Waals surface area contributed by atoms with E-state index in [9.17, 15) is 13.2 Å². The maximum absolute atomic E-state index is 12.8. The number of carbonyl (C=O) groups is 1. The molecular weight excluding hydrogens is 386 g/mol. The molecule has 0 spiro atoms. The standard InChI is InChI=1S/C22H29N3O3S/c1-17-4-8-20(9-5-17)16-23-22(26)19(3)24-12-14-25(15-13-24)29(27,28)21-10-6-18(2)7-11-21/h4-11,19H,12-16H2,1-3H3,(H,23,26)/t19-/m1/s1. The lowest BCUT2D eigenvalue weighted by Gasteiger charge is -2.36. The molecule has 0 saturated carbocycles. The third-order valence-electron chi connectivity index (χ3n) is 5.45. The fourth-order valence-corrected chi connectivity index (χ4v) is 4.82. The minimum Gasteiger partial charge on any atom is -0.351 e. The van der Waals surface area contributed by atoms with E-state index in [1.165, 1.54) is 9.87 Å². The molecule has 3 rings (SSSR count). The van der Waals surface area contributed by atoms with Crippen LogP contribution in [0.4, 0.5) is 0 Å².